The fourth-order valence-corrected chi connectivity index (χ4v) is 2.94. The zero-order chi connectivity index (χ0) is 12.4. The second kappa shape index (κ2) is 4.98. The Kier molecular flexibility index (Phi) is 3.60. The van der Waals surface area contributed by atoms with Crippen LogP contribution in [0.5, 0.6) is 0 Å². The standard InChI is InChI=1S/C14H16FNS/c1-9-4-5-11(15)6-12(9)14(16-3)13-8-17-7-10(13)2/h4-8,14,16H,1-3H3. The maximum absolute atomic E-state index is 13.4. The highest BCUT2D eigenvalue weighted by molar-refractivity contribution is 7.08. The SMILES string of the molecule is CNC(c1cscc1C)c1cc(F)ccc1C. The Morgan fingerprint density at radius 3 is 2.47 bits per heavy atom. The Morgan fingerprint density at radius 2 is 1.88 bits per heavy atom. The number of rotatable bonds is 3. The van der Waals surface area contributed by atoms with Gasteiger partial charge in [0.05, 0.1) is 6.04 Å². The van der Waals surface area contributed by atoms with Gasteiger partial charge in [-0.25, -0.2) is 4.39 Å². The van der Waals surface area contributed by atoms with Crippen molar-refractivity contribution in [2.45, 2.75) is 19.9 Å². The summed E-state index contributed by atoms with van der Waals surface area (Å²) in [6, 6.07) is 5.02. The lowest BCUT2D eigenvalue weighted by atomic mass is 9.95. The van der Waals surface area contributed by atoms with E-state index >= 15 is 0 Å². The molecule has 0 amide bonds. The van der Waals surface area contributed by atoms with E-state index in [2.05, 4.69) is 23.0 Å². The van der Waals surface area contributed by atoms with Gasteiger partial charge in [0.15, 0.2) is 0 Å². The summed E-state index contributed by atoms with van der Waals surface area (Å²) in [5.41, 5.74) is 4.59. The van der Waals surface area contributed by atoms with Crippen LogP contribution >= 0.6 is 11.3 Å². The van der Waals surface area contributed by atoms with E-state index in [-0.39, 0.29) is 11.9 Å². The molecule has 1 heterocycles. The lowest BCUT2D eigenvalue weighted by Gasteiger charge is -2.19. The average Bonchev–Trinajstić information content (AvgIpc) is 2.71. The summed E-state index contributed by atoms with van der Waals surface area (Å²) < 4.78 is 13.4. The van der Waals surface area contributed by atoms with E-state index in [1.165, 1.54) is 17.2 Å². The second-order valence-corrected chi connectivity index (χ2v) is 4.98. The van der Waals surface area contributed by atoms with Gasteiger partial charge in [-0.2, -0.15) is 11.3 Å². The van der Waals surface area contributed by atoms with Crippen molar-refractivity contribution in [1.82, 2.24) is 5.32 Å². The van der Waals surface area contributed by atoms with Crippen molar-refractivity contribution in [2.24, 2.45) is 0 Å². The van der Waals surface area contributed by atoms with Gasteiger partial charge in [0.25, 0.3) is 0 Å². The summed E-state index contributed by atoms with van der Waals surface area (Å²) in [6.07, 6.45) is 0. The van der Waals surface area contributed by atoms with Crippen LogP contribution in [0.25, 0.3) is 0 Å². The highest BCUT2D eigenvalue weighted by Crippen LogP contribution is 2.29. The molecule has 1 aromatic carbocycles. The Labute approximate surface area is 105 Å². The zero-order valence-electron chi connectivity index (χ0n) is 10.3. The first-order valence-electron chi connectivity index (χ1n) is 5.59. The van der Waals surface area contributed by atoms with Crippen LogP contribution in [0.2, 0.25) is 0 Å². The number of benzene rings is 1. The van der Waals surface area contributed by atoms with Gasteiger partial charge in [-0.15, -0.1) is 0 Å². The van der Waals surface area contributed by atoms with E-state index < -0.39 is 0 Å². The molecule has 0 aliphatic carbocycles. The molecular weight excluding hydrogens is 233 g/mol. The predicted octanol–water partition coefficient (Wildman–Crippen LogP) is 3.81. The van der Waals surface area contributed by atoms with E-state index in [4.69, 9.17) is 0 Å². The summed E-state index contributed by atoms with van der Waals surface area (Å²) in [6.45, 7) is 4.10. The van der Waals surface area contributed by atoms with Crippen LogP contribution in [0, 0.1) is 19.7 Å². The van der Waals surface area contributed by atoms with Crippen LogP contribution in [0.4, 0.5) is 4.39 Å². The van der Waals surface area contributed by atoms with Gasteiger partial charge in [-0.1, -0.05) is 6.07 Å². The molecule has 1 N–H and O–H groups in total. The fourth-order valence-electron chi connectivity index (χ4n) is 2.07. The molecule has 17 heavy (non-hydrogen) atoms. The summed E-state index contributed by atoms with van der Waals surface area (Å²) in [7, 11) is 1.91. The highest BCUT2D eigenvalue weighted by atomic mass is 32.1. The number of halogens is 1. The third kappa shape index (κ3) is 2.40. The van der Waals surface area contributed by atoms with Crippen molar-refractivity contribution in [3.05, 3.63) is 57.0 Å². The van der Waals surface area contributed by atoms with Gasteiger partial charge in [-0.3, -0.25) is 0 Å². The molecule has 2 aromatic rings. The number of nitrogens with one attached hydrogen (secondary N) is 1. The number of thiophene rings is 1. The zero-order valence-corrected chi connectivity index (χ0v) is 11.1. The molecule has 0 radical (unpaired) electrons. The molecule has 0 saturated heterocycles. The average molecular weight is 249 g/mol. The molecule has 0 fully saturated rings. The van der Waals surface area contributed by atoms with E-state index in [0.717, 1.165) is 11.1 Å². The van der Waals surface area contributed by atoms with E-state index in [0.29, 0.717) is 0 Å². The lowest BCUT2D eigenvalue weighted by molar-refractivity contribution is 0.615. The molecule has 3 heteroatoms. The molecule has 0 spiro atoms. The second-order valence-electron chi connectivity index (χ2n) is 4.23. The predicted molar refractivity (Wildman–Crippen MR) is 71.1 cm³/mol. The van der Waals surface area contributed by atoms with Crippen molar-refractivity contribution in [3.8, 4) is 0 Å². The molecule has 0 aliphatic heterocycles. The van der Waals surface area contributed by atoms with Crippen molar-refractivity contribution < 1.29 is 4.39 Å². The number of hydrogen-bond donors (Lipinski definition) is 1. The van der Waals surface area contributed by atoms with Crippen LogP contribution in [-0.2, 0) is 0 Å². The van der Waals surface area contributed by atoms with Crippen LogP contribution in [0.15, 0.2) is 29.0 Å². The summed E-state index contributed by atoms with van der Waals surface area (Å²) in [4.78, 5) is 0. The van der Waals surface area contributed by atoms with E-state index in [9.17, 15) is 4.39 Å². The molecule has 1 aromatic heterocycles. The Hall–Kier alpha value is -1.19. The van der Waals surface area contributed by atoms with E-state index in [1.807, 2.05) is 20.0 Å². The molecule has 1 nitrogen and oxygen atoms in total. The van der Waals surface area contributed by atoms with Gasteiger partial charge in [-0.05, 0) is 66.0 Å². The van der Waals surface area contributed by atoms with Crippen molar-refractivity contribution >= 4 is 11.3 Å². The van der Waals surface area contributed by atoms with Crippen molar-refractivity contribution in [3.63, 3.8) is 0 Å². The van der Waals surface area contributed by atoms with Crippen LogP contribution < -0.4 is 5.32 Å². The van der Waals surface area contributed by atoms with Crippen molar-refractivity contribution in [1.29, 1.82) is 0 Å². The molecule has 1 unspecified atom stereocenters. The number of aryl methyl sites for hydroxylation is 2. The van der Waals surface area contributed by atoms with Gasteiger partial charge in [0.1, 0.15) is 5.82 Å². The molecule has 0 bridgehead atoms. The minimum atomic E-state index is -0.182. The van der Waals surface area contributed by atoms with Gasteiger partial charge >= 0.3 is 0 Å². The Balaban J connectivity index is 2.49. The minimum Gasteiger partial charge on any atom is -0.309 e. The van der Waals surface area contributed by atoms with Crippen LogP contribution in [0.1, 0.15) is 28.3 Å². The minimum absolute atomic E-state index is 0.0666. The Bertz CT molecular complexity index is 519. The molecule has 90 valence electrons. The molecule has 0 aliphatic rings. The third-order valence-electron chi connectivity index (χ3n) is 3.05. The quantitative estimate of drug-likeness (QED) is 0.872. The Morgan fingerprint density at radius 1 is 1.12 bits per heavy atom. The first kappa shape index (κ1) is 12.3. The van der Waals surface area contributed by atoms with Gasteiger partial charge < -0.3 is 5.32 Å². The largest absolute Gasteiger partial charge is 0.309 e. The maximum Gasteiger partial charge on any atom is 0.123 e. The van der Waals surface area contributed by atoms with Gasteiger partial charge in [0, 0.05) is 0 Å². The van der Waals surface area contributed by atoms with Crippen LogP contribution in [0.3, 0.4) is 0 Å². The van der Waals surface area contributed by atoms with Crippen molar-refractivity contribution in [2.75, 3.05) is 7.05 Å². The normalized spacial score (nSPS) is 12.7. The summed E-state index contributed by atoms with van der Waals surface area (Å²) in [5.74, 6) is -0.182. The topological polar surface area (TPSA) is 12.0 Å². The smallest absolute Gasteiger partial charge is 0.123 e. The first-order valence-corrected chi connectivity index (χ1v) is 6.53. The first-order chi connectivity index (χ1) is 8.13. The monoisotopic (exact) mass is 249 g/mol. The number of hydrogen-bond acceptors (Lipinski definition) is 2. The fraction of sp³-hybridized carbons (Fsp3) is 0.286. The van der Waals surface area contributed by atoms with E-state index in [1.54, 1.807) is 17.4 Å². The lowest BCUT2D eigenvalue weighted by Crippen LogP contribution is -2.19. The highest BCUT2D eigenvalue weighted by Gasteiger charge is 2.17. The van der Waals surface area contributed by atoms with Gasteiger partial charge in [0.2, 0.25) is 0 Å². The molecule has 0 saturated carbocycles. The van der Waals surface area contributed by atoms with Crippen LogP contribution in [-0.4, -0.2) is 7.05 Å². The molecule has 1 atom stereocenters. The maximum atomic E-state index is 13.4. The third-order valence-corrected chi connectivity index (χ3v) is 3.93. The molecular formula is C14H16FNS. The molecule has 2 rings (SSSR count). The summed E-state index contributed by atoms with van der Waals surface area (Å²) >= 11 is 1.68. The summed E-state index contributed by atoms with van der Waals surface area (Å²) in [5, 5.41) is 7.51.